The van der Waals surface area contributed by atoms with Crippen LogP contribution in [0.3, 0.4) is 0 Å². The maximum Gasteiger partial charge on any atom is 0.258 e. The molecule has 1 aliphatic rings. The van der Waals surface area contributed by atoms with Crippen LogP contribution in [0.4, 0.5) is 5.69 Å². The van der Waals surface area contributed by atoms with Gasteiger partial charge in [-0.25, -0.2) is 0 Å². The Hall–Kier alpha value is -2.92. The highest BCUT2D eigenvalue weighted by molar-refractivity contribution is 6.01. The first-order valence-corrected chi connectivity index (χ1v) is 10.7. The second kappa shape index (κ2) is 9.26. The summed E-state index contributed by atoms with van der Waals surface area (Å²) in [6.07, 6.45) is 4.92. The number of aryl methyl sites for hydroxylation is 2. The lowest BCUT2D eigenvalue weighted by Crippen LogP contribution is -2.27. The van der Waals surface area contributed by atoms with Crippen LogP contribution in [0, 0.1) is 12.8 Å². The summed E-state index contributed by atoms with van der Waals surface area (Å²) in [5, 5.41) is 4.42. The molecule has 1 amide bonds. The van der Waals surface area contributed by atoms with Crippen molar-refractivity contribution in [2.75, 3.05) is 18.5 Å². The number of amides is 1. The molecule has 1 aliphatic heterocycles. The lowest BCUT2D eigenvalue weighted by Gasteiger charge is -2.23. The van der Waals surface area contributed by atoms with Crippen LogP contribution in [-0.4, -0.2) is 23.7 Å². The second-order valence-electron chi connectivity index (χ2n) is 8.13. The van der Waals surface area contributed by atoms with Gasteiger partial charge in [0.25, 0.3) is 5.56 Å². The third-order valence-corrected chi connectivity index (χ3v) is 5.81. The summed E-state index contributed by atoms with van der Waals surface area (Å²) in [5.41, 5.74) is 3.03. The first kappa shape index (κ1) is 20.4. The van der Waals surface area contributed by atoms with Gasteiger partial charge >= 0.3 is 0 Å². The molecule has 0 spiro atoms. The summed E-state index contributed by atoms with van der Waals surface area (Å²) in [4.78, 5) is 25.5. The SMILES string of the molecule is Cc1cccc(CCC(=O)Nc2cccc3c(=O)n(CC4CCOCC4)ccc23)c1. The number of nitrogens with zero attached hydrogens (tertiary/aromatic N) is 1. The Kier molecular flexibility index (Phi) is 6.29. The summed E-state index contributed by atoms with van der Waals surface area (Å²) in [6, 6.07) is 15.7. The van der Waals surface area contributed by atoms with Crippen LogP contribution in [-0.2, 0) is 22.5 Å². The first-order chi connectivity index (χ1) is 14.6. The third-order valence-electron chi connectivity index (χ3n) is 5.81. The molecule has 0 atom stereocenters. The lowest BCUT2D eigenvalue weighted by molar-refractivity contribution is -0.116. The number of hydrogen-bond acceptors (Lipinski definition) is 3. The highest BCUT2D eigenvalue weighted by atomic mass is 16.5. The molecule has 3 aromatic rings. The molecule has 156 valence electrons. The van der Waals surface area contributed by atoms with Gasteiger partial charge in [-0.15, -0.1) is 0 Å². The number of benzene rings is 2. The largest absolute Gasteiger partial charge is 0.381 e. The summed E-state index contributed by atoms with van der Waals surface area (Å²) in [5.74, 6) is 0.425. The molecule has 5 nitrogen and oxygen atoms in total. The Bertz CT molecular complexity index is 1100. The van der Waals surface area contributed by atoms with Crippen molar-refractivity contribution >= 4 is 22.4 Å². The molecule has 1 fully saturated rings. The monoisotopic (exact) mass is 404 g/mol. The molecule has 1 aromatic heterocycles. The van der Waals surface area contributed by atoms with Crippen LogP contribution < -0.4 is 10.9 Å². The third kappa shape index (κ3) is 4.79. The topological polar surface area (TPSA) is 60.3 Å². The van der Waals surface area contributed by atoms with Gasteiger partial charge in [-0.05, 0) is 55.9 Å². The number of carbonyl (C=O) groups excluding carboxylic acids is 1. The fourth-order valence-corrected chi connectivity index (χ4v) is 4.12. The smallest absolute Gasteiger partial charge is 0.258 e. The fourth-order valence-electron chi connectivity index (χ4n) is 4.12. The number of ether oxygens (including phenoxy) is 1. The Labute approximate surface area is 176 Å². The van der Waals surface area contributed by atoms with Crippen molar-refractivity contribution in [1.29, 1.82) is 0 Å². The van der Waals surface area contributed by atoms with Crippen LogP contribution in [0.25, 0.3) is 10.8 Å². The van der Waals surface area contributed by atoms with Gasteiger partial charge in [-0.2, -0.15) is 0 Å². The van der Waals surface area contributed by atoms with Crippen molar-refractivity contribution in [3.05, 3.63) is 76.2 Å². The summed E-state index contributed by atoms with van der Waals surface area (Å²) in [6.45, 7) is 4.30. The molecular weight excluding hydrogens is 376 g/mol. The number of carbonyl (C=O) groups is 1. The first-order valence-electron chi connectivity index (χ1n) is 10.7. The van der Waals surface area contributed by atoms with Gasteiger partial charge in [0.2, 0.25) is 5.91 Å². The zero-order valence-electron chi connectivity index (χ0n) is 17.4. The quantitative estimate of drug-likeness (QED) is 0.666. The van der Waals surface area contributed by atoms with Gasteiger partial charge in [0.15, 0.2) is 0 Å². The van der Waals surface area contributed by atoms with Crippen molar-refractivity contribution in [3.8, 4) is 0 Å². The van der Waals surface area contributed by atoms with Crippen LogP contribution in [0.2, 0.25) is 0 Å². The van der Waals surface area contributed by atoms with Crippen molar-refractivity contribution in [2.24, 2.45) is 5.92 Å². The number of nitrogens with one attached hydrogen (secondary N) is 1. The van der Waals surface area contributed by atoms with E-state index in [2.05, 4.69) is 24.4 Å². The molecule has 0 radical (unpaired) electrons. The number of anilines is 1. The molecule has 1 saturated heterocycles. The molecule has 1 N–H and O–H groups in total. The van der Waals surface area contributed by atoms with Gasteiger partial charge in [-0.1, -0.05) is 35.9 Å². The highest BCUT2D eigenvalue weighted by Gasteiger charge is 2.16. The predicted octanol–water partition coefficient (Wildman–Crippen LogP) is 4.31. The van der Waals surface area contributed by atoms with Gasteiger partial charge in [0.1, 0.15) is 0 Å². The minimum atomic E-state index is -0.0459. The summed E-state index contributed by atoms with van der Waals surface area (Å²) >= 11 is 0. The molecule has 0 bridgehead atoms. The van der Waals surface area contributed by atoms with Crippen molar-refractivity contribution in [3.63, 3.8) is 0 Å². The van der Waals surface area contributed by atoms with E-state index in [1.54, 1.807) is 4.57 Å². The van der Waals surface area contributed by atoms with E-state index in [0.717, 1.165) is 37.0 Å². The van der Waals surface area contributed by atoms with Gasteiger partial charge in [-0.3, -0.25) is 9.59 Å². The molecule has 4 rings (SSSR count). The summed E-state index contributed by atoms with van der Waals surface area (Å²) in [7, 11) is 0. The number of rotatable bonds is 6. The van der Waals surface area contributed by atoms with E-state index in [0.29, 0.717) is 36.4 Å². The van der Waals surface area contributed by atoms with Gasteiger partial charge in [0, 0.05) is 48.8 Å². The predicted molar refractivity (Wildman–Crippen MR) is 120 cm³/mol. The Balaban J connectivity index is 1.48. The lowest BCUT2D eigenvalue weighted by atomic mass is 10.00. The van der Waals surface area contributed by atoms with E-state index >= 15 is 0 Å². The Morgan fingerprint density at radius 3 is 2.70 bits per heavy atom. The van der Waals surface area contributed by atoms with E-state index in [-0.39, 0.29) is 11.5 Å². The number of aromatic nitrogens is 1. The summed E-state index contributed by atoms with van der Waals surface area (Å²) < 4.78 is 7.21. The van der Waals surface area contributed by atoms with Crippen LogP contribution in [0.1, 0.15) is 30.4 Å². The number of fused-ring (bicyclic) bond motifs is 1. The zero-order valence-corrected chi connectivity index (χ0v) is 17.4. The van der Waals surface area contributed by atoms with Crippen molar-refractivity contribution in [1.82, 2.24) is 4.57 Å². The Morgan fingerprint density at radius 2 is 1.90 bits per heavy atom. The van der Waals surface area contributed by atoms with E-state index in [1.807, 2.05) is 42.6 Å². The standard InChI is InChI=1S/C25H28N2O3/c1-18-4-2-5-19(16-18)8-9-24(28)26-23-7-3-6-22-21(23)10-13-27(25(22)29)17-20-11-14-30-15-12-20/h2-7,10,13,16,20H,8-9,11-12,14-15,17H2,1H3,(H,26,28). The molecule has 0 saturated carbocycles. The molecule has 0 unspecified atom stereocenters. The average molecular weight is 405 g/mol. The molecular formula is C25H28N2O3. The molecule has 2 aromatic carbocycles. The zero-order chi connectivity index (χ0) is 20.9. The minimum absolute atomic E-state index is 0.00477. The van der Waals surface area contributed by atoms with E-state index in [1.165, 1.54) is 5.56 Å². The second-order valence-corrected chi connectivity index (χ2v) is 8.13. The molecule has 30 heavy (non-hydrogen) atoms. The van der Waals surface area contributed by atoms with Crippen LogP contribution >= 0.6 is 0 Å². The molecule has 5 heteroatoms. The normalized spacial score (nSPS) is 14.7. The van der Waals surface area contributed by atoms with E-state index in [4.69, 9.17) is 4.74 Å². The minimum Gasteiger partial charge on any atom is -0.381 e. The van der Waals surface area contributed by atoms with E-state index in [9.17, 15) is 9.59 Å². The molecule has 0 aliphatic carbocycles. The van der Waals surface area contributed by atoms with Gasteiger partial charge < -0.3 is 14.6 Å². The van der Waals surface area contributed by atoms with Crippen LogP contribution in [0.5, 0.6) is 0 Å². The van der Waals surface area contributed by atoms with E-state index < -0.39 is 0 Å². The number of pyridine rings is 1. The fraction of sp³-hybridized carbons (Fsp3) is 0.360. The van der Waals surface area contributed by atoms with Crippen LogP contribution in [0.15, 0.2) is 59.5 Å². The maximum absolute atomic E-state index is 13.0. The maximum atomic E-state index is 13.0. The van der Waals surface area contributed by atoms with Gasteiger partial charge in [0.05, 0.1) is 0 Å². The number of hydrogen-bond donors (Lipinski definition) is 1. The highest BCUT2D eigenvalue weighted by Crippen LogP contribution is 2.22. The van der Waals surface area contributed by atoms with Crippen molar-refractivity contribution < 1.29 is 9.53 Å². The van der Waals surface area contributed by atoms with Crippen molar-refractivity contribution in [2.45, 2.75) is 39.2 Å². The average Bonchev–Trinajstić information content (AvgIpc) is 2.75. The molecule has 2 heterocycles. The Morgan fingerprint density at radius 1 is 1.10 bits per heavy atom.